The number of rotatable bonds is 7. The topological polar surface area (TPSA) is 79.4 Å². The summed E-state index contributed by atoms with van der Waals surface area (Å²) in [5.74, 6) is -0.315. The second kappa shape index (κ2) is 9.17. The van der Waals surface area contributed by atoms with Gasteiger partial charge in [-0.1, -0.05) is 48.0 Å². The molecule has 1 N–H and O–H groups in total. The third kappa shape index (κ3) is 5.41. The summed E-state index contributed by atoms with van der Waals surface area (Å²) in [6.07, 6.45) is 3.33. The average Bonchev–Trinajstić information content (AvgIpc) is 2.73. The highest BCUT2D eigenvalue weighted by Crippen LogP contribution is 2.24. The standard InChI is InChI=1S/C21H20ClN3O3S/c1-25(15-17-8-5-11-23-13-17)21(26)18-9-10-19(22)20(12-18)29(27,28)24-14-16-6-3-2-4-7-16/h2-13,24H,14-15H2,1H3. The molecular weight excluding hydrogens is 410 g/mol. The fraction of sp³-hybridized carbons (Fsp3) is 0.143. The monoisotopic (exact) mass is 429 g/mol. The summed E-state index contributed by atoms with van der Waals surface area (Å²) in [4.78, 5) is 18.2. The van der Waals surface area contributed by atoms with Gasteiger partial charge in [0.15, 0.2) is 0 Å². The van der Waals surface area contributed by atoms with Gasteiger partial charge in [0, 0.05) is 38.1 Å². The Bertz CT molecular complexity index is 1090. The van der Waals surface area contributed by atoms with E-state index in [1.165, 1.54) is 23.1 Å². The van der Waals surface area contributed by atoms with Gasteiger partial charge in [-0.3, -0.25) is 9.78 Å². The van der Waals surface area contributed by atoms with Crippen LogP contribution in [0.1, 0.15) is 21.5 Å². The highest BCUT2D eigenvalue weighted by atomic mass is 35.5. The van der Waals surface area contributed by atoms with Gasteiger partial charge >= 0.3 is 0 Å². The normalized spacial score (nSPS) is 11.2. The first-order chi connectivity index (χ1) is 13.9. The number of carbonyl (C=O) groups excluding carboxylic acids is 1. The Morgan fingerprint density at radius 1 is 1.07 bits per heavy atom. The maximum Gasteiger partial charge on any atom is 0.253 e. The molecule has 8 heteroatoms. The molecule has 6 nitrogen and oxygen atoms in total. The minimum Gasteiger partial charge on any atom is -0.337 e. The number of nitrogens with one attached hydrogen (secondary N) is 1. The molecule has 1 aromatic heterocycles. The quantitative estimate of drug-likeness (QED) is 0.623. The first kappa shape index (κ1) is 21.0. The van der Waals surface area contributed by atoms with Crippen molar-refractivity contribution in [2.45, 2.75) is 18.0 Å². The van der Waals surface area contributed by atoms with E-state index in [2.05, 4.69) is 9.71 Å². The number of benzene rings is 2. The molecular formula is C21H20ClN3O3S. The minimum atomic E-state index is -3.89. The van der Waals surface area contributed by atoms with Crippen LogP contribution in [0.25, 0.3) is 0 Å². The summed E-state index contributed by atoms with van der Waals surface area (Å²) in [6, 6.07) is 17.0. The van der Waals surface area contributed by atoms with E-state index in [9.17, 15) is 13.2 Å². The van der Waals surface area contributed by atoms with Crippen molar-refractivity contribution in [3.8, 4) is 0 Å². The largest absolute Gasteiger partial charge is 0.337 e. The Hall–Kier alpha value is -2.74. The zero-order valence-corrected chi connectivity index (χ0v) is 17.3. The van der Waals surface area contributed by atoms with Crippen molar-refractivity contribution in [2.24, 2.45) is 0 Å². The highest BCUT2D eigenvalue weighted by Gasteiger charge is 2.21. The van der Waals surface area contributed by atoms with Crippen molar-refractivity contribution < 1.29 is 13.2 Å². The van der Waals surface area contributed by atoms with Gasteiger partial charge in [0.2, 0.25) is 10.0 Å². The fourth-order valence-corrected chi connectivity index (χ4v) is 4.29. The van der Waals surface area contributed by atoms with Gasteiger partial charge in [-0.2, -0.15) is 0 Å². The van der Waals surface area contributed by atoms with Crippen molar-refractivity contribution in [2.75, 3.05) is 7.05 Å². The molecule has 0 aliphatic rings. The van der Waals surface area contributed by atoms with E-state index in [1.54, 1.807) is 25.5 Å². The third-order valence-electron chi connectivity index (χ3n) is 4.27. The van der Waals surface area contributed by atoms with Crippen LogP contribution in [0.15, 0.2) is 78.0 Å². The number of pyridine rings is 1. The molecule has 0 spiro atoms. The van der Waals surface area contributed by atoms with Gasteiger partial charge in [-0.25, -0.2) is 13.1 Å². The van der Waals surface area contributed by atoms with Crippen LogP contribution in [-0.4, -0.2) is 31.3 Å². The number of hydrogen-bond donors (Lipinski definition) is 1. The molecule has 0 atom stereocenters. The van der Waals surface area contributed by atoms with Gasteiger partial charge in [0.25, 0.3) is 5.91 Å². The third-order valence-corrected chi connectivity index (χ3v) is 6.15. The Kier molecular flexibility index (Phi) is 6.64. The first-order valence-corrected chi connectivity index (χ1v) is 10.7. The molecule has 0 unspecified atom stereocenters. The predicted molar refractivity (Wildman–Crippen MR) is 112 cm³/mol. The van der Waals surface area contributed by atoms with Crippen LogP contribution in [0.2, 0.25) is 5.02 Å². The van der Waals surface area contributed by atoms with Crippen molar-refractivity contribution in [1.82, 2.24) is 14.6 Å². The summed E-state index contributed by atoms with van der Waals surface area (Å²) < 4.78 is 28.0. The van der Waals surface area contributed by atoms with E-state index in [1.807, 2.05) is 36.4 Å². The van der Waals surface area contributed by atoms with Crippen molar-refractivity contribution in [3.63, 3.8) is 0 Å². The van der Waals surface area contributed by atoms with Gasteiger partial charge in [-0.15, -0.1) is 0 Å². The molecule has 0 saturated carbocycles. The number of sulfonamides is 1. The second-order valence-electron chi connectivity index (χ2n) is 6.48. The predicted octanol–water partition coefficient (Wildman–Crippen LogP) is 3.49. The molecule has 2 aromatic carbocycles. The maximum atomic E-state index is 12.8. The van der Waals surface area contributed by atoms with Crippen LogP contribution >= 0.6 is 11.6 Å². The van der Waals surface area contributed by atoms with Crippen molar-refractivity contribution in [3.05, 3.63) is 94.8 Å². The van der Waals surface area contributed by atoms with Crippen LogP contribution in [0.4, 0.5) is 0 Å². The van der Waals surface area contributed by atoms with E-state index >= 15 is 0 Å². The summed E-state index contributed by atoms with van der Waals surface area (Å²) in [5.41, 5.74) is 1.92. The number of amides is 1. The van der Waals surface area contributed by atoms with Gasteiger partial charge in [-0.05, 0) is 35.4 Å². The Labute approximate surface area is 175 Å². The lowest BCUT2D eigenvalue weighted by Gasteiger charge is -2.18. The number of carbonyl (C=O) groups is 1. The van der Waals surface area contributed by atoms with Crippen LogP contribution < -0.4 is 4.72 Å². The molecule has 3 rings (SSSR count). The molecule has 0 radical (unpaired) electrons. The van der Waals surface area contributed by atoms with Gasteiger partial charge in [0.05, 0.1) is 5.02 Å². The minimum absolute atomic E-state index is 0.0528. The van der Waals surface area contributed by atoms with Crippen LogP contribution in [0, 0.1) is 0 Å². The number of aromatic nitrogens is 1. The fourth-order valence-electron chi connectivity index (χ4n) is 2.75. The smallest absolute Gasteiger partial charge is 0.253 e. The zero-order chi connectivity index (χ0) is 20.9. The second-order valence-corrected chi connectivity index (χ2v) is 8.62. The summed E-state index contributed by atoms with van der Waals surface area (Å²) in [7, 11) is -2.25. The molecule has 1 heterocycles. The summed E-state index contributed by atoms with van der Waals surface area (Å²) in [5, 5.41) is 0.0528. The molecule has 1 amide bonds. The summed E-state index contributed by atoms with van der Waals surface area (Å²) in [6.45, 7) is 0.474. The molecule has 0 aliphatic carbocycles. The van der Waals surface area contributed by atoms with Crippen molar-refractivity contribution >= 4 is 27.5 Å². The van der Waals surface area contributed by atoms with E-state index in [0.29, 0.717) is 6.54 Å². The van der Waals surface area contributed by atoms with E-state index in [4.69, 9.17) is 11.6 Å². The van der Waals surface area contributed by atoms with E-state index in [-0.39, 0.29) is 27.9 Å². The molecule has 3 aromatic rings. The molecule has 29 heavy (non-hydrogen) atoms. The number of halogens is 1. The maximum absolute atomic E-state index is 12.8. The SMILES string of the molecule is CN(Cc1cccnc1)C(=O)c1ccc(Cl)c(S(=O)(=O)NCc2ccccc2)c1. The van der Waals surface area contributed by atoms with Crippen molar-refractivity contribution in [1.29, 1.82) is 0 Å². The Morgan fingerprint density at radius 2 is 1.79 bits per heavy atom. The van der Waals surface area contributed by atoms with E-state index < -0.39 is 10.0 Å². The lowest BCUT2D eigenvalue weighted by molar-refractivity contribution is 0.0784. The zero-order valence-electron chi connectivity index (χ0n) is 15.7. The summed E-state index contributed by atoms with van der Waals surface area (Å²) >= 11 is 6.12. The lowest BCUT2D eigenvalue weighted by Crippen LogP contribution is -2.27. The molecule has 0 aliphatic heterocycles. The Balaban J connectivity index is 1.78. The number of nitrogens with zero attached hydrogens (tertiary/aromatic N) is 2. The number of hydrogen-bond acceptors (Lipinski definition) is 4. The van der Waals surface area contributed by atoms with Crippen LogP contribution in [-0.2, 0) is 23.1 Å². The highest BCUT2D eigenvalue weighted by molar-refractivity contribution is 7.89. The van der Waals surface area contributed by atoms with Crippen LogP contribution in [0.3, 0.4) is 0 Å². The van der Waals surface area contributed by atoms with E-state index in [0.717, 1.165) is 11.1 Å². The average molecular weight is 430 g/mol. The molecule has 0 fully saturated rings. The Morgan fingerprint density at radius 3 is 2.48 bits per heavy atom. The molecule has 150 valence electrons. The van der Waals surface area contributed by atoms with Gasteiger partial charge < -0.3 is 4.90 Å². The molecule has 0 bridgehead atoms. The molecule has 0 saturated heterocycles. The van der Waals surface area contributed by atoms with Crippen LogP contribution in [0.5, 0.6) is 0 Å². The van der Waals surface area contributed by atoms with Gasteiger partial charge in [0.1, 0.15) is 4.90 Å². The first-order valence-electron chi connectivity index (χ1n) is 8.84. The lowest BCUT2D eigenvalue weighted by atomic mass is 10.2.